The molecule has 0 heterocycles. The summed E-state index contributed by atoms with van der Waals surface area (Å²) in [6, 6.07) is 11.2. The van der Waals surface area contributed by atoms with Gasteiger partial charge in [-0.15, -0.1) is 0 Å². The van der Waals surface area contributed by atoms with Crippen molar-refractivity contribution in [1.82, 2.24) is 5.43 Å². The Labute approximate surface area is 111 Å². The summed E-state index contributed by atoms with van der Waals surface area (Å²) in [5.74, 6) is 7.23. The van der Waals surface area contributed by atoms with Gasteiger partial charge in [0.05, 0.1) is 0 Å². The van der Waals surface area contributed by atoms with E-state index >= 15 is 0 Å². The van der Waals surface area contributed by atoms with Crippen molar-refractivity contribution in [3.05, 3.63) is 35.9 Å². The van der Waals surface area contributed by atoms with Crippen LogP contribution >= 0.6 is 0 Å². The van der Waals surface area contributed by atoms with Gasteiger partial charge in [-0.2, -0.15) is 0 Å². The summed E-state index contributed by atoms with van der Waals surface area (Å²) in [7, 11) is 0. The Morgan fingerprint density at radius 2 is 1.89 bits per heavy atom. The molecule has 0 amide bonds. The van der Waals surface area contributed by atoms with E-state index in [1.165, 1.54) is 37.7 Å². The molecule has 2 rings (SSSR count). The van der Waals surface area contributed by atoms with Crippen LogP contribution in [0.1, 0.15) is 56.9 Å². The number of nitrogens with two attached hydrogens (primary N) is 1. The lowest BCUT2D eigenvalue weighted by molar-refractivity contribution is 0.340. The molecule has 1 saturated carbocycles. The van der Waals surface area contributed by atoms with Crippen LogP contribution in [0.15, 0.2) is 30.3 Å². The molecule has 1 aliphatic rings. The van der Waals surface area contributed by atoms with E-state index < -0.39 is 0 Å². The van der Waals surface area contributed by atoms with E-state index in [1.807, 2.05) is 0 Å². The lowest BCUT2D eigenvalue weighted by atomic mass is 9.84. The molecule has 18 heavy (non-hydrogen) atoms. The first kappa shape index (κ1) is 13.6. The predicted molar refractivity (Wildman–Crippen MR) is 77.2 cm³/mol. The highest BCUT2D eigenvalue weighted by atomic mass is 15.2. The van der Waals surface area contributed by atoms with Gasteiger partial charge in [-0.3, -0.25) is 11.3 Å². The van der Waals surface area contributed by atoms with E-state index in [1.54, 1.807) is 0 Å². The Kier molecular flexibility index (Phi) is 5.21. The number of hydrogen-bond acceptors (Lipinski definition) is 2. The van der Waals surface area contributed by atoms with Crippen molar-refractivity contribution in [1.29, 1.82) is 0 Å². The lowest BCUT2D eigenvalue weighted by Crippen LogP contribution is -2.40. The monoisotopic (exact) mass is 246 g/mol. The van der Waals surface area contributed by atoms with Crippen molar-refractivity contribution in [2.75, 3.05) is 0 Å². The number of nitrogens with one attached hydrogen (secondary N) is 1. The average molecular weight is 246 g/mol. The second-order valence-electron chi connectivity index (χ2n) is 5.58. The van der Waals surface area contributed by atoms with Gasteiger partial charge in [-0.1, -0.05) is 62.9 Å². The number of hydrogen-bond donors (Lipinski definition) is 2. The molecule has 0 saturated heterocycles. The van der Waals surface area contributed by atoms with Crippen LogP contribution in [0.4, 0.5) is 0 Å². The van der Waals surface area contributed by atoms with Crippen molar-refractivity contribution in [3.8, 4) is 0 Å². The summed E-state index contributed by atoms with van der Waals surface area (Å²) in [6.45, 7) is 2.26. The van der Waals surface area contributed by atoms with E-state index in [0.717, 1.165) is 12.3 Å². The molecule has 2 heteroatoms. The molecule has 2 unspecified atom stereocenters. The van der Waals surface area contributed by atoms with E-state index in [0.29, 0.717) is 12.0 Å². The van der Waals surface area contributed by atoms with Gasteiger partial charge in [0.25, 0.3) is 0 Å². The number of hydrazine groups is 1. The molecule has 2 nitrogen and oxygen atoms in total. The highest BCUT2D eigenvalue weighted by Gasteiger charge is 2.25. The maximum atomic E-state index is 5.81. The number of benzene rings is 1. The topological polar surface area (TPSA) is 38.0 Å². The summed E-state index contributed by atoms with van der Waals surface area (Å²) in [4.78, 5) is 0. The molecule has 0 aromatic heterocycles. The SMILES string of the molecule is CCC(c1ccccc1)C(CC1CCCC1)NN. The molecule has 2 atom stereocenters. The minimum Gasteiger partial charge on any atom is -0.271 e. The molecule has 0 aliphatic heterocycles. The second kappa shape index (κ2) is 6.91. The van der Waals surface area contributed by atoms with Crippen LogP contribution < -0.4 is 11.3 Å². The third-order valence-electron chi connectivity index (χ3n) is 4.43. The smallest absolute Gasteiger partial charge is 0.0281 e. The van der Waals surface area contributed by atoms with Crippen molar-refractivity contribution < 1.29 is 0 Å². The third kappa shape index (κ3) is 3.33. The molecule has 100 valence electrons. The summed E-state index contributed by atoms with van der Waals surface area (Å²) in [5, 5.41) is 0. The maximum absolute atomic E-state index is 5.81. The normalized spacial score (nSPS) is 19.9. The van der Waals surface area contributed by atoms with E-state index in [-0.39, 0.29) is 0 Å². The highest BCUT2D eigenvalue weighted by molar-refractivity contribution is 5.21. The molecule has 0 bridgehead atoms. The van der Waals surface area contributed by atoms with Gasteiger partial charge in [0.1, 0.15) is 0 Å². The summed E-state index contributed by atoms with van der Waals surface area (Å²) in [5.41, 5.74) is 4.50. The van der Waals surface area contributed by atoms with E-state index in [9.17, 15) is 0 Å². The van der Waals surface area contributed by atoms with Crippen molar-refractivity contribution in [2.24, 2.45) is 11.8 Å². The van der Waals surface area contributed by atoms with Crippen molar-refractivity contribution >= 4 is 0 Å². The maximum Gasteiger partial charge on any atom is 0.0281 e. The van der Waals surface area contributed by atoms with Crippen LogP contribution in [0.2, 0.25) is 0 Å². The molecule has 3 N–H and O–H groups in total. The molecular weight excluding hydrogens is 220 g/mol. The first-order valence-electron chi connectivity index (χ1n) is 7.36. The van der Waals surface area contributed by atoms with Gasteiger partial charge in [-0.05, 0) is 24.3 Å². The first-order valence-corrected chi connectivity index (χ1v) is 7.36. The van der Waals surface area contributed by atoms with Crippen LogP contribution in [-0.2, 0) is 0 Å². The minimum atomic E-state index is 0.417. The third-order valence-corrected chi connectivity index (χ3v) is 4.43. The molecule has 0 spiro atoms. The van der Waals surface area contributed by atoms with Crippen LogP contribution in [0.3, 0.4) is 0 Å². The van der Waals surface area contributed by atoms with Gasteiger partial charge < -0.3 is 0 Å². The van der Waals surface area contributed by atoms with E-state index in [2.05, 4.69) is 42.7 Å². The van der Waals surface area contributed by atoms with Crippen LogP contribution in [0.25, 0.3) is 0 Å². The van der Waals surface area contributed by atoms with E-state index in [4.69, 9.17) is 5.84 Å². The molecule has 1 aromatic carbocycles. The second-order valence-corrected chi connectivity index (χ2v) is 5.58. The number of rotatable bonds is 6. The van der Waals surface area contributed by atoms with Crippen molar-refractivity contribution in [3.63, 3.8) is 0 Å². The summed E-state index contributed by atoms with van der Waals surface area (Å²) in [6.07, 6.45) is 7.97. The van der Waals surface area contributed by atoms with Gasteiger partial charge in [0.2, 0.25) is 0 Å². The average Bonchev–Trinajstić information content (AvgIpc) is 2.92. The lowest BCUT2D eigenvalue weighted by Gasteiger charge is -2.28. The fraction of sp³-hybridized carbons (Fsp3) is 0.625. The van der Waals surface area contributed by atoms with Gasteiger partial charge >= 0.3 is 0 Å². The van der Waals surface area contributed by atoms with Crippen molar-refractivity contribution in [2.45, 2.75) is 57.4 Å². The molecular formula is C16H26N2. The zero-order valence-corrected chi connectivity index (χ0v) is 11.4. The molecule has 1 aliphatic carbocycles. The standard InChI is InChI=1S/C16H26N2/c1-2-15(14-10-4-3-5-11-14)16(18-17)12-13-8-6-7-9-13/h3-5,10-11,13,15-16,18H,2,6-9,12,17H2,1H3. The molecule has 0 radical (unpaired) electrons. The Morgan fingerprint density at radius 1 is 1.22 bits per heavy atom. The Morgan fingerprint density at radius 3 is 2.44 bits per heavy atom. The zero-order chi connectivity index (χ0) is 12.8. The fourth-order valence-electron chi connectivity index (χ4n) is 3.41. The predicted octanol–water partition coefficient (Wildman–Crippen LogP) is 3.59. The van der Waals surface area contributed by atoms with Gasteiger partial charge in [-0.25, -0.2) is 0 Å². The van der Waals surface area contributed by atoms with Crippen LogP contribution in [-0.4, -0.2) is 6.04 Å². The van der Waals surface area contributed by atoms with Crippen LogP contribution in [0.5, 0.6) is 0 Å². The highest BCUT2D eigenvalue weighted by Crippen LogP contribution is 2.33. The molecule has 1 fully saturated rings. The summed E-state index contributed by atoms with van der Waals surface area (Å²) >= 11 is 0. The van der Waals surface area contributed by atoms with Gasteiger partial charge in [0, 0.05) is 12.0 Å². The summed E-state index contributed by atoms with van der Waals surface area (Å²) < 4.78 is 0. The largest absolute Gasteiger partial charge is 0.271 e. The Hall–Kier alpha value is -0.860. The quantitative estimate of drug-likeness (QED) is 0.594. The molecule has 1 aromatic rings. The first-order chi connectivity index (χ1) is 8.85. The zero-order valence-electron chi connectivity index (χ0n) is 11.4. The Bertz CT molecular complexity index is 330. The van der Waals surface area contributed by atoms with Crippen LogP contribution in [0, 0.1) is 5.92 Å². The fourth-order valence-corrected chi connectivity index (χ4v) is 3.41. The van der Waals surface area contributed by atoms with Gasteiger partial charge in [0.15, 0.2) is 0 Å². The minimum absolute atomic E-state index is 0.417. The Balaban J connectivity index is 2.03.